The molecule has 0 atom stereocenters. The molecule has 0 spiro atoms. The molecule has 9 heteroatoms. The first-order chi connectivity index (χ1) is 29.4. The Bertz CT molecular complexity index is 2820. The Morgan fingerprint density at radius 3 is 1.47 bits per heavy atom. The van der Waals surface area contributed by atoms with Crippen LogP contribution in [0.5, 0.6) is 23.0 Å². The number of hydrogen-bond donors (Lipinski definition) is 0. The highest BCUT2D eigenvalue weighted by atomic mass is 16.6. The van der Waals surface area contributed by atoms with Crippen molar-refractivity contribution in [1.29, 1.82) is 0 Å². The van der Waals surface area contributed by atoms with Crippen molar-refractivity contribution in [3.8, 4) is 23.0 Å². The maximum absolute atomic E-state index is 13.5. The van der Waals surface area contributed by atoms with Crippen molar-refractivity contribution in [2.75, 3.05) is 0 Å². The van der Waals surface area contributed by atoms with E-state index >= 15 is 0 Å². The van der Waals surface area contributed by atoms with Gasteiger partial charge in [0.1, 0.15) is 49.4 Å². The van der Waals surface area contributed by atoms with Gasteiger partial charge in [-0.05, 0) is 96.3 Å². The number of nitrogens with zero attached hydrogens (tertiary/aromatic N) is 2. The van der Waals surface area contributed by atoms with E-state index < -0.39 is 11.9 Å². The summed E-state index contributed by atoms with van der Waals surface area (Å²) < 4.78 is 29.8. The zero-order chi connectivity index (χ0) is 41.3. The molecule has 0 saturated carbocycles. The maximum Gasteiger partial charge on any atom is 0.346 e. The van der Waals surface area contributed by atoms with E-state index in [1.165, 1.54) is 0 Å². The van der Waals surface area contributed by atoms with Gasteiger partial charge in [-0.25, -0.2) is 19.6 Å². The number of ether oxygens (including phenoxy) is 5. The van der Waals surface area contributed by atoms with Crippen LogP contribution in [0, 0.1) is 6.92 Å². The van der Waals surface area contributed by atoms with Crippen LogP contribution < -0.4 is 18.9 Å². The minimum atomic E-state index is -0.739. The average Bonchev–Trinajstić information content (AvgIpc) is 3.29. The number of para-hydroxylation sites is 2. The second-order valence-corrected chi connectivity index (χ2v) is 14.2. The highest BCUT2D eigenvalue weighted by Crippen LogP contribution is 2.26. The summed E-state index contributed by atoms with van der Waals surface area (Å²) in [5.74, 6) is 1.03. The largest absolute Gasteiger partial charge is 0.489 e. The molecule has 2 aromatic heterocycles. The quantitative estimate of drug-likeness (QED) is 0.0740. The number of aromatic nitrogens is 2. The van der Waals surface area contributed by atoms with Crippen LogP contribution in [0.3, 0.4) is 0 Å². The van der Waals surface area contributed by atoms with Crippen LogP contribution in [0.1, 0.15) is 61.3 Å². The van der Waals surface area contributed by atoms with Gasteiger partial charge in [-0.1, -0.05) is 91.9 Å². The molecular weight excluding hydrogens is 753 g/mol. The van der Waals surface area contributed by atoms with Gasteiger partial charge in [0.25, 0.3) is 0 Å². The smallest absolute Gasteiger partial charge is 0.346 e. The predicted molar refractivity (Wildman–Crippen MR) is 230 cm³/mol. The number of hydrogen-bond acceptors (Lipinski definition) is 9. The molecule has 0 radical (unpaired) electrons. The topological polar surface area (TPSA) is 106 Å². The van der Waals surface area contributed by atoms with E-state index in [0.29, 0.717) is 53.8 Å². The molecule has 298 valence electrons. The summed E-state index contributed by atoms with van der Waals surface area (Å²) in [7, 11) is 0. The van der Waals surface area contributed by atoms with Crippen LogP contribution in [0.2, 0.25) is 0 Å². The Hall–Kier alpha value is -7.52. The molecular formula is C51H42N2O7. The number of benzene rings is 6. The first-order valence-electron chi connectivity index (χ1n) is 19.8. The molecule has 0 unspecified atom stereocenters. The number of carbonyl (C=O) groups excluding carboxylic acids is 2. The van der Waals surface area contributed by atoms with E-state index in [9.17, 15) is 9.59 Å². The molecule has 0 bridgehead atoms. The van der Waals surface area contributed by atoms with E-state index in [-0.39, 0.29) is 18.8 Å². The molecule has 0 aliphatic carbocycles. The van der Waals surface area contributed by atoms with Gasteiger partial charge < -0.3 is 23.7 Å². The van der Waals surface area contributed by atoms with Crippen molar-refractivity contribution in [3.05, 3.63) is 202 Å². The summed E-state index contributed by atoms with van der Waals surface area (Å²) in [5, 5.41) is 2.15. The number of esters is 2. The lowest BCUT2D eigenvalue weighted by Gasteiger charge is -2.15. The Kier molecular flexibility index (Phi) is 12.0. The third-order valence-corrected chi connectivity index (χ3v) is 10.2. The van der Waals surface area contributed by atoms with E-state index in [0.717, 1.165) is 49.9 Å². The van der Waals surface area contributed by atoms with Crippen LogP contribution in [0.4, 0.5) is 0 Å². The normalized spacial score (nSPS) is 11.0. The molecule has 0 fully saturated rings. The summed E-state index contributed by atoms with van der Waals surface area (Å²) in [5.41, 5.74) is 7.04. The van der Waals surface area contributed by atoms with E-state index in [2.05, 4.69) is 9.97 Å². The van der Waals surface area contributed by atoms with Crippen LogP contribution in [0.25, 0.3) is 21.8 Å². The average molecular weight is 795 g/mol. The van der Waals surface area contributed by atoms with Crippen LogP contribution in [-0.4, -0.2) is 21.9 Å². The Morgan fingerprint density at radius 2 is 0.917 bits per heavy atom. The van der Waals surface area contributed by atoms with Gasteiger partial charge in [-0.3, -0.25) is 0 Å². The molecule has 9 nitrogen and oxygen atoms in total. The van der Waals surface area contributed by atoms with E-state index in [4.69, 9.17) is 23.7 Å². The van der Waals surface area contributed by atoms with Crippen molar-refractivity contribution in [2.24, 2.45) is 0 Å². The second-order valence-electron chi connectivity index (χ2n) is 14.2. The number of carbonyl (C=O) groups is 2. The minimum Gasteiger partial charge on any atom is -0.489 e. The second kappa shape index (κ2) is 18.4. The van der Waals surface area contributed by atoms with Gasteiger partial charge in [0.05, 0.1) is 33.5 Å². The summed E-state index contributed by atoms with van der Waals surface area (Å²) >= 11 is 0. The molecule has 6 aromatic carbocycles. The summed E-state index contributed by atoms with van der Waals surface area (Å²) in [4.78, 5) is 36.4. The van der Waals surface area contributed by atoms with Crippen molar-refractivity contribution >= 4 is 33.7 Å². The molecule has 60 heavy (non-hydrogen) atoms. The number of pyridine rings is 2. The van der Waals surface area contributed by atoms with Gasteiger partial charge in [0.15, 0.2) is 0 Å². The van der Waals surface area contributed by atoms with Gasteiger partial charge in [-0.15, -0.1) is 0 Å². The van der Waals surface area contributed by atoms with Gasteiger partial charge in [0, 0.05) is 22.9 Å². The number of fused-ring (bicyclic) bond motifs is 2. The standard InChI is InChI=1S/C51H42N2O7/c1-3-45-38(31-57-42-17-11-19-44(29-42)59-33-40-27-25-36-13-5-7-23-49(36)53-40)15-9-21-47(45)51(55)60-50(54)46-20-8-14-37(34(46)2)30-56-41-16-10-18-43(28-41)58-32-39-26-24-35-12-4-6-22-48(35)52-39/h4-29H,3,30-33H2,1-2H3. The molecule has 2 heterocycles. The van der Waals surface area contributed by atoms with Crippen LogP contribution in [-0.2, 0) is 37.6 Å². The molecule has 0 saturated heterocycles. The lowest BCUT2D eigenvalue weighted by atomic mass is 9.99. The maximum atomic E-state index is 13.5. The van der Waals surface area contributed by atoms with Crippen molar-refractivity contribution in [1.82, 2.24) is 9.97 Å². The third-order valence-electron chi connectivity index (χ3n) is 10.2. The predicted octanol–water partition coefficient (Wildman–Crippen LogP) is 11.0. The molecule has 0 amide bonds. The van der Waals surface area contributed by atoms with Crippen LogP contribution >= 0.6 is 0 Å². The number of rotatable bonds is 15. The summed E-state index contributed by atoms with van der Waals surface area (Å²) in [6, 6.07) is 49.3. The first kappa shape index (κ1) is 39.3. The summed E-state index contributed by atoms with van der Waals surface area (Å²) in [6.45, 7) is 4.77. The van der Waals surface area contributed by atoms with Crippen molar-refractivity contribution in [2.45, 2.75) is 46.7 Å². The lowest BCUT2D eigenvalue weighted by molar-refractivity contribution is 0.0396. The van der Waals surface area contributed by atoms with Gasteiger partial charge >= 0.3 is 11.9 Å². The highest BCUT2D eigenvalue weighted by Gasteiger charge is 2.22. The fraction of sp³-hybridized carbons (Fsp3) is 0.137. The molecule has 8 rings (SSSR count). The van der Waals surface area contributed by atoms with Gasteiger partial charge in [0.2, 0.25) is 0 Å². The third kappa shape index (κ3) is 9.43. The lowest BCUT2D eigenvalue weighted by Crippen LogP contribution is -2.17. The Labute approximate surface area is 348 Å². The van der Waals surface area contributed by atoms with Crippen LogP contribution in [0.15, 0.2) is 158 Å². The highest BCUT2D eigenvalue weighted by molar-refractivity contribution is 6.04. The Balaban J connectivity index is 0.864. The minimum absolute atomic E-state index is 0.190. The van der Waals surface area contributed by atoms with E-state index in [1.807, 2.05) is 147 Å². The fourth-order valence-corrected chi connectivity index (χ4v) is 6.96. The zero-order valence-electron chi connectivity index (χ0n) is 33.3. The first-order valence-corrected chi connectivity index (χ1v) is 19.8. The van der Waals surface area contributed by atoms with Crippen molar-refractivity contribution in [3.63, 3.8) is 0 Å². The Morgan fingerprint density at radius 1 is 0.467 bits per heavy atom. The monoisotopic (exact) mass is 794 g/mol. The molecule has 0 N–H and O–H groups in total. The van der Waals surface area contributed by atoms with Crippen molar-refractivity contribution < 1.29 is 33.3 Å². The molecule has 0 aliphatic heterocycles. The molecule has 8 aromatic rings. The van der Waals surface area contributed by atoms with E-state index in [1.54, 1.807) is 24.3 Å². The SMILES string of the molecule is CCc1c(COc2cccc(OCc3ccc4ccccc4n3)c2)cccc1C(=O)OC(=O)c1cccc(COc2cccc(OCc3ccc4ccccc4n3)c2)c1C. The zero-order valence-corrected chi connectivity index (χ0v) is 33.3. The molecule has 0 aliphatic rings. The summed E-state index contributed by atoms with van der Waals surface area (Å²) in [6.07, 6.45) is 0.526. The van der Waals surface area contributed by atoms with Gasteiger partial charge in [-0.2, -0.15) is 0 Å². The fourth-order valence-electron chi connectivity index (χ4n) is 6.96.